The lowest BCUT2D eigenvalue weighted by molar-refractivity contribution is -0.117. The van der Waals surface area contributed by atoms with E-state index < -0.39 is 0 Å². The smallest absolute Gasteiger partial charge is 0.263 e. The predicted octanol–water partition coefficient (Wildman–Crippen LogP) is 2.62. The number of carbonyl (C=O) groups excluding carboxylic acids is 1. The van der Waals surface area contributed by atoms with Crippen molar-refractivity contribution in [2.45, 2.75) is 70.4 Å². The molecule has 0 radical (unpaired) electrons. The van der Waals surface area contributed by atoms with Crippen molar-refractivity contribution in [3.05, 3.63) is 11.8 Å². The van der Waals surface area contributed by atoms with Gasteiger partial charge in [0.15, 0.2) is 0 Å². The molecule has 4 heteroatoms. The van der Waals surface area contributed by atoms with Gasteiger partial charge in [-0.1, -0.05) is 32.6 Å². The lowest BCUT2D eigenvalue weighted by Gasteiger charge is -2.29. The van der Waals surface area contributed by atoms with Gasteiger partial charge >= 0.3 is 0 Å². The van der Waals surface area contributed by atoms with Gasteiger partial charge in [0, 0.05) is 18.3 Å². The zero-order valence-corrected chi connectivity index (χ0v) is 12.3. The fourth-order valence-corrected chi connectivity index (χ4v) is 3.24. The Labute approximate surface area is 121 Å². The molecule has 0 aromatic carbocycles. The average Bonchev–Trinajstić information content (AvgIpc) is 2.94. The zero-order chi connectivity index (χ0) is 14.4. The molecular weight excluding hydrogens is 250 g/mol. The molecule has 0 bridgehead atoms. The predicted molar refractivity (Wildman–Crippen MR) is 78.7 cm³/mol. The SMILES string of the molecule is CC1CCCCC1N/C=C(/C#N)C(=O)NC1CCCC1. The van der Waals surface area contributed by atoms with Crippen molar-refractivity contribution >= 4 is 5.91 Å². The van der Waals surface area contributed by atoms with E-state index in [1.54, 1.807) is 6.20 Å². The number of nitrogens with zero attached hydrogens (tertiary/aromatic N) is 1. The fraction of sp³-hybridized carbons (Fsp3) is 0.750. The van der Waals surface area contributed by atoms with Crippen LogP contribution in [0.1, 0.15) is 58.3 Å². The first-order valence-corrected chi connectivity index (χ1v) is 7.88. The van der Waals surface area contributed by atoms with Crippen molar-refractivity contribution in [2.75, 3.05) is 0 Å². The van der Waals surface area contributed by atoms with Gasteiger partial charge in [-0.15, -0.1) is 0 Å². The van der Waals surface area contributed by atoms with E-state index in [1.165, 1.54) is 32.1 Å². The summed E-state index contributed by atoms with van der Waals surface area (Å²) in [7, 11) is 0. The molecule has 2 N–H and O–H groups in total. The zero-order valence-electron chi connectivity index (χ0n) is 12.3. The normalized spacial score (nSPS) is 27.9. The summed E-state index contributed by atoms with van der Waals surface area (Å²) in [6.07, 6.45) is 10.9. The molecular formula is C16H25N3O. The van der Waals surface area contributed by atoms with E-state index in [0.29, 0.717) is 12.0 Å². The van der Waals surface area contributed by atoms with E-state index in [9.17, 15) is 4.79 Å². The van der Waals surface area contributed by atoms with Crippen molar-refractivity contribution in [3.63, 3.8) is 0 Å². The summed E-state index contributed by atoms with van der Waals surface area (Å²) in [5, 5.41) is 15.4. The summed E-state index contributed by atoms with van der Waals surface area (Å²) in [6.45, 7) is 2.23. The first-order valence-electron chi connectivity index (χ1n) is 7.88. The largest absolute Gasteiger partial charge is 0.387 e. The number of carbonyl (C=O) groups is 1. The number of hydrogen-bond acceptors (Lipinski definition) is 3. The molecule has 0 aromatic rings. The number of hydrogen-bond donors (Lipinski definition) is 2. The molecule has 4 nitrogen and oxygen atoms in total. The molecule has 2 saturated carbocycles. The first-order chi connectivity index (χ1) is 9.70. The van der Waals surface area contributed by atoms with Crippen LogP contribution in [-0.2, 0) is 4.79 Å². The van der Waals surface area contributed by atoms with Gasteiger partial charge in [-0.3, -0.25) is 4.79 Å². The van der Waals surface area contributed by atoms with Crippen LogP contribution in [-0.4, -0.2) is 18.0 Å². The number of amides is 1. The fourth-order valence-electron chi connectivity index (χ4n) is 3.24. The Morgan fingerprint density at radius 2 is 1.80 bits per heavy atom. The molecule has 2 rings (SSSR count). The van der Waals surface area contributed by atoms with Gasteiger partial charge in [-0.05, 0) is 31.6 Å². The summed E-state index contributed by atoms with van der Waals surface area (Å²) in [6, 6.07) is 2.67. The molecule has 1 amide bonds. The third-order valence-electron chi connectivity index (χ3n) is 4.61. The van der Waals surface area contributed by atoms with Crippen molar-refractivity contribution < 1.29 is 4.79 Å². The van der Waals surface area contributed by atoms with Crippen molar-refractivity contribution in [1.29, 1.82) is 5.26 Å². The van der Waals surface area contributed by atoms with Gasteiger partial charge in [0.2, 0.25) is 0 Å². The highest BCUT2D eigenvalue weighted by Gasteiger charge is 2.22. The molecule has 0 aromatic heterocycles. The summed E-state index contributed by atoms with van der Waals surface area (Å²) in [5.41, 5.74) is 0.203. The Hall–Kier alpha value is -1.50. The van der Waals surface area contributed by atoms with Gasteiger partial charge in [-0.2, -0.15) is 5.26 Å². The molecule has 2 atom stereocenters. The van der Waals surface area contributed by atoms with Crippen LogP contribution in [0.4, 0.5) is 0 Å². The molecule has 110 valence electrons. The van der Waals surface area contributed by atoms with Crippen molar-refractivity contribution in [3.8, 4) is 6.07 Å². The van der Waals surface area contributed by atoms with E-state index in [-0.39, 0.29) is 17.5 Å². The maximum Gasteiger partial charge on any atom is 0.263 e. The highest BCUT2D eigenvalue weighted by molar-refractivity contribution is 5.97. The standard InChI is InChI=1S/C16H25N3O/c1-12-6-2-5-9-15(12)18-11-13(10-17)16(20)19-14-7-3-4-8-14/h11-12,14-15,18H,2-9H2,1H3,(H,19,20)/b13-11-. The maximum absolute atomic E-state index is 12.0. The number of nitriles is 1. The first kappa shape index (κ1) is 14.9. The quantitative estimate of drug-likeness (QED) is 0.612. The lowest BCUT2D eigenvalue weighted by atomic mass is 9.86. The van der Waals surface area contributed by atoms with Crippen LogP contribution in [0.3, 0.4) is 0 Å². The van der Waals surface area contributed by atoms with Crippen LogP contribution in [0.2, 0.25) is 0 Å². The summed E-state index contributed by atoms with van der Waals surface area (Å²) in [5.74, 6) is 0.383. The second-order valence-electron chi connectivity index (χ2n) is 6.16. The molecule has 2 fully saturated rings. The topological polar surface area (TPSA) is 64.9 Å². The Morgan fingerprint density at radius 1 is 1.15 bits per heavy atom. The molecule has 0 saturated heterocycles. The van der Waals surface area contributed by atoms with Crippen LogP contribution in [0.15, 0.2) is 11.8 Å². The van der Waals surface area contributed by atoms with Crippen molar-refractivity contribution in [2.24, 2.45) is 5.92 Å². The molecule has 0 aliphatic heterocycles. The molecule has 2 aliphatic rings. The Kier molecular flexibility index (Phi) is 5.46. The second-order valence-corrected chi connectivity index (χ2v) is 6.16. The Morgan fingerprint density at radius 3 is 2.45 bits per heavy atom. The number of rotatable bonds is 4. The summed E-state index contributed by atoms with van der Waals surface area (Å²) < 4.78 is 0. The van der Waals surface area contributed by atoms with Gasteiger partial charge in [0.05, 0.1) is 0 Å². The molecule has 0 spiro atoms. The van der Waals surface area contributed by atoms with E-state index in [2.05, 4.69) is 17.6 Å². The maximum atomic E-state index is 12.0. The second kappa shape index (κ2) is 7.33. The minimum absolute atomic E-state index is 0.203. The third kappa shape index (κ3) is 4.00. The van der Waals surface area contributed by atoms with Gasteiger partial charge in [0.25, 0.3) is 5.91 Å². The number of nitrogens with one attached hydrogen (secondary N) is 2. The van der Waals surface area contributed by atoms with E-state index in [0.717, 1.165) is 19.3 Å². The minimum Gasteiger partial charge on any atom is -0.387 e. The molecule has 20 heavy (non-hydrogen) atoms. The molecule has 0 heterocycles. The summed E-state index contributed by atoms with van der Waals surface area (Å²) in [4.78, 5) is 12.0. The molecule has 2 unspecified atom stereocenters. The highest BCUT2D eigenvalue weighted by Crippen LogP contribution is 2.23. The third-order valence-corrected chi connectivity index (χ3v) is 4.61. The Balaban J connectivity index is 1.87. The van der Waals surface area contributed by atoms with Crippen LogP contribution in [0.25, 0.3) is 0 Å². The van der Waals surface area contributed by atoms with E-state index in [4.69, 9.17) is 5.26 Å². The summed E-state index contributed by atoms with van der Waals surface area (Å²) >= 11 is 0. The van der Waals surface area contributed by atoms with Crippen molar-refractivity contribution in [1.82, 2.24) is 10.6 Å². The molecule has 2 aliphatic carbocycles. The Bertz CT molecular complexity index is 404. The van der Waals surface area contributed by atoms with Crippen LogP contribution in [0, 0.1) is 17.2 Å². The highest BCUT2D eigenvalue weighted by atomic mass is 16.1. The van der Waals surface area contributed by atoms with Gasteiger partial charge in [-0.25, -0.2) is 0 Å². The van der Waals surface area contributed by atoms with Crippen LogP contribution >= 0.6 is 0 Å². The van der Waals surface area contributed by atoms with Crippen LogP contribution < -0.4 is 10.6 Å². The lowest BCUT2D eigenvalue weighted by Crippen LogP contribution is -2.36. The van der Waals surface area contributed by atoms with Gasteiger partial charge in [0.1, 0.15) is 11.6 Å². The van der Waals surface area contributed by atoms with Crippen LogP contribution in [0.5, 0.6) is 0 Å². The minimum atomic E-state index is -0.227. The van der Waals surface area contributed by atoms with E-state index in [1.807, 2.05) is 6.07 Å². The average molecular weight is 275 g/mol. The monoisotopic (exact) mass is 275 g/mol. The van der Waals surface area contributed by atoms with Gasteiger partial charge < -0.3 is 10.6 Å². The van der Waals surface area contributed by atoms with E-state index >= 15 is 0 Å².